The van der Waals surface area contributed by atoms with Crippen LogP contribution in [0.3, 0.4) is 0 Å². The summed E-state index contributed by atoms with van der Waals surface area (Å²) < 4.78 is 30.3. The van der Waals surface area contributed by atoms with Gasteiger partial charge in [0, 0.05) is 11.6 Å². The minimum Gasteiger partial charge on any atom is -0.496 e. The third-order valence-electron chi connectivity index (χ3n) is 6.05. The van der Waals surface area contributed by atoms with Crippen LogP contribution in [0.25, 0.3) is 0 Å². The largest absolute Gasteiger partial charge is 0.496 e. The summed E-state index contributed by atoms with van der Waals surface area (Å²) in [6, 6.07) is 12.0. The average Bonchev–Trinajstić information content (AvgIpc) is 2.85. The van der Waals surface area contributed by atoms with Gasteiger partial charge in [-0.3, -0.25) is 4.79 Å². The quantitative estimate of drug-likeness (QED) is 0.315. The molecule has 34 heavy (non-hydrogen) atoms. The smallest absolute Gasteiger partial charge is 0.466 e. The summed E-state index contributed by atoms with van der Waals surface area (Å²) in [6.45, 7) is 7.57. The monoisotopic (exact) mass is 479 g/mol. The minimum atomic E-state index is -2.69. The summed E-state index contributed by atoms with van der Waals surface area (Å²) in [5.74, 6) is -0.0427. The van der Waals surface area contributed by atoms with Crippen LogP contribution in [-0.2, 0) is 4.57 Å². The molecule has 3 rings (SSSR count). The van der Waals surface area contributed by atoms with Gasteiger partial charge >= 0.3 is 13.3 Å². The molecule has 0 aliphatic carbocycles. The van der Waals surface area contributed by atoms with Crippen LogP contribution >= 0.6 is 7.80 Å². The molecule has 0 aromatic heterocycles. The maximum atomic E-state index is 13.8. The van der Waals surface area contributed by atoms with Crippen molar-refractivity contribution in [3.8, 4) is 17.2 Å². The van der Waals surface area contributed by atoms with Crippen molar-refractivity contribution in [3.05, 3.63) is 81.4 Å². The zero-order valence-corrected chi connectivity index (χ0v) is 21.3. The maximum absolute atomic E-state index is 13.8. The van der Waals surface area contributed by atoms with Gasteiger partial charge in [-0.15, -0.1) is 0 Å². The molecule has 0 aliphatic rings. The molecule has 3 aromatic rings. The highest BCUT2D eigenvalue weighted by molar-refractivity contribution is 7.72. The number of hydrogen-bond donors (Lipinski definition) is 0. The zero-order chi connectivity index (χ0) is 25.2. The Balaban J connectivity index is 2.28. The van der Waals surface area contributed by atoms with Gasteiger partial charge in [0.05, 0.1) is 26.9 Å². The Labute approximate surface area is 200 Å². The van der Waals surface area contributed by atoms with Crippen LogP contribution in [0.5, 0.6) is 17.2 Å². The van der Waals surface area contributed by atoms with E-state index < -0.39 is 13.3 Å². The van der Waals surface area contributed by atoms with Crippen LogP contribution in [-0.4, -0.2) is 32.6 Å². The number of aryl methyl sites for hydroxylation is 2. The molecule has 1 atom stereocenters. The number of benzene rings is 3. The number of ketones is 1. The van der Waals surface area contributed by atoms with E-state index in [-0.39, 0.29) is 33.9 Å². The number of carbonyl (C=O) groups is 2. The molecule has 0 saturated carbocycles. The summed E-state index contributed by atoms with van der Waals surface area (Å²) >= 11 is 0. The average molecular weight is 479 g/mol. The highest BCUT2D eigenvalue weighted by Crippen LogP contribution is 2.43. The number of methoxy groups -OCH3 is 3. The Kier molecular flexibility index (Phi) is 7.53. The third-order valence-corrected chi connectivity index (χ3v) is 7.47. The van der Waals surface area contributed by atoms with Crippen molar-refractivity contribution in [3.63, 3.8) is 0 Å². The molecule has 0 amide bonds. The fourth-order valence-electron chi connectivity index (χ4n) is 4.07. The zero-order valence-electron chi connectivity index (χ0n) is 20.4. The summed E-state index contributed by atoms with van der Waals surface area (Å²) in [4.78, 5) is 27.0. The first-order valence-electron chi connectivity index (χ1n) is 10.7. The van der Waals surface area contributed by atoms with Crippen LogP contribution in [0.2, 0.25) is 0 Å². The molecule has 176 valence electrons. The lowest BCUT2D eigenvalue weighted by atomic mass is 9.95. The van der Waals surface area contributed by atoms with Gasteiger partial charge in [0.25, 0.3) is 5.30 Å². The summed E-state index contributed by atoms with van der Waals surface area (Å²) in [5.41, 5.74) is 3.87. The van der Waals surface area contributed by atoms with E-state index in [1.165, 1.54) is 27.4 Å². The van der Waals surface area contributed by atoms with E-state index in [9.17, 15) is 14.2 Å². The van der Waals surface area contributed by atoms with E-state index in [1.54, 1.807) is 30.3 Å². The molecular formula is C27H28O6P+. The Hall–Kier alpha value is -3.50. The highest BCUT2D eigenvalue weighted by atomic mass is 31.1. The van der Waals surface area contributed by atoms with Crippen LogP contribution in [0.4, 0.5) is 0 Å². The molecule has 0 fully saturated rings. The maximum Gasteiger partial charge on any atom is 0.466 e. The topological polar surface area (TPSA) is 78.9 Å². The summed E-state index contributed by atoms with van der Waals surface area (Å²) in [6.07, 6.45) is 0. The van der Waals surface area contributed by atoms with Crippen molar-refractivity contribution in [2.45, 2.75) is 27.7 Å². The van der Waals surface area contributed by atoms with E-state index in [0.717, 1.165) is 22.3 Å². The molecule has 0 N–H and O–H groups in total. The van der Waals surface area contributed by atoms with Gasteiger partial charge in [-0.05, 0) is 49.9 Å². The number of carbonyl (C=O) groups excluding carboxylic acids is 2. The van der Waals surface area contributed by atoms with Crippen molar-refractivity contribution < 1.29 is 28.4 Å². The van der Waals surface area contributed by atoms with E-state index in [4.69, 9.17) is 14.2 Å². The first kappa shape index (κ1) is 25.1. The van der Waals surface area contributed by atoms with Gasteiger partial charge in [0.15, 0.2) is 11.5 Å². The molecular weight excluding hydrogens is 451 g/mol. The van der Waals surface area contributed by atoms with Gasteiger partial charge < -0.3 is 14.2 Å². The standard InChI is InChI=1S/C27H28O6P/c1-15-13-16(2)22(18(4)17(15)3)27(29)34(30)26-21(32-6)14-20(31-5)23(25(26)33-7)24(28)19-11-9-8-10-12-19/h8-14H,1-7H3/q+1. The van der Waals surface area contributed by atoms with Gasteiger partial charge in [-0.25, -0.2) is 4.79 Å². The lowest BCUT2D eigenvalue weighted by Crippen LogP contribution is -2.18. The van der Waals surface area contributed by atoms with E-state index in [0.29, 0.717) is 11.1 Å². The molecule has 0 radical (unpaired) electrons. The predicted octanol–water partition coefficient (Wildman–Crippen LogP) is 5.47. The van der Waals surface area contributed by atoms with Crippen LogP contribution < -0.4 is 19.5 Å². The molecule has 1 unspecified atom stereocenters. The minimum absolute atomic E-state index is 0.00125. The van der Waals surface area contributed by atoms with Gasteiger partial charge in [-0.1, -0.05) is 41.0 Å². The second kappa shape index (κ2) is 10.2. The molecule has 3 aromatic carbocycles. The molecule has 0 saturated heterocycles. The number of hydrogen-bond acceptors (Lipinski definition) is 6. The SMILES string of the molecule is COc1cc(OC)c([P+](=O)C(=O)c2c(C)cc(C)c(C)c2C)c(OC)c1C(=O)c1ccccc1. The van der Waals surface area contributed by atoms with Crippen molar-refractivity contribution in [2.24, 2.45) is 0 Å². The van der Waals surface area contributed by atoms with Crippen molar-refractivity contribution in [1.29, 1.82) is 0 Å². The van der Waals surface area contributed by atoms with Crippen molar-refractivity contribution >= 4 is 24.4 Å². The predicted molar refractivity (Wildman–Crippen MR) is 133 cm³/mol. The summed E-state index contributed by atoms with van der Waals surface area (Å²) in [7, 11) is 1.48. The molecule has 7 heteroatoms. The molecule has 6 nitrogen and oxygen atoms in total. The van der Waals surface area contributed by atoms with E-state index in [1.807, 2.05) is 33.8 Å². The van der Waals surface area contributed by atoms with Crippen molar-refractivity contribution in [1.82, 2.24) is 0 Å². The van der Waals surface area contributed by atoms with Crippen LogP contribution in [0.1, 0.15) is 48.5 Å². The lowest BCUT2D eigenvalue weighted by molar-refractivity contribution is 0.103. The Morgan fingerprint density at radius 3 is 1.91 bits per heavy atom. The van der Waals surface area contributed by atoms with Crippen molar-refractivity contribution in [2.75, 3.05) is 21.3 Å². The molecule has 0 spiro atoms. The fraction of sp³-hybridized carbons (Fsp3) is 0.259. The number of ether oxygens (including phenoxy) is 3. The van der Waals surface area contributed by atoms with Crippen LogP contribution in [0, 0.1) is 27.7 Å². The first-order chi connectivity index (χ1) is 16.2. The molecule has 0 aliphatic heterocycles. The third kappa shape index (κ3) is 4.34. The molecule has 0 bridgehead atoms. The van der Waals surface area contributed by atoms with E-state index in [2.05, 4.69) is 0 Å². The van der Waals surface area contributed by atoms with Gasteiger partial charge in [0.1, 0.15) is 11.3 Å². The summed E-state index contributed by atoms with van der Waals surface area (Å²) in [5, 5.41) is 0.0297. The fourth-order valence-corrected chi connectivity index (χ4v) is 5.57. The lowest BCUT2D eigenvalue weighted by Gasteiger charge is -2.15. The van der Waals surface area contributed by atoms with Crippen LogP contribution in [0.15, 0.2) is 42.5 Å². The Morgan fingerprint density at radius 2 is 1.35 bits per heavy atom. The second-order valence-corrected chi connectivity index (χ2v) is 9.41. The Bertz CT molecular complexity index is 1290. The van der Waals surface area contributed by atoms with Gasteiger partial charge in [-0.2, -0.15) is 0 Å². The first-order valence-corrected chi connectivity index (χ1v) is 12.0. The van der Waals surface area contributed by atoms with Gasteiger partial charge in [0.2, 0.25) is 5.78 Å². The number of rotatable bonds is 8. The normalized spacial score (nSPS) is 11.1. The highest BCUT2D eigenvalue weighted by Gasteiger charge is 2.44. The molecule has 0 heterocycles. The Morgan fingerprint density at radius 1 is 0.735 bits per heavy atom. The van der Waals surface area contributed by atoms with E-state index >= 15 is 0 Å². The second-order valence-electron chi connectivity index (χ2n) is 7.97.